The molecule has 1 amide bonds. The molecule has 0 saturated heterocycles. The van der Waals surface area contributed by atoms with Gasteiger partial charge in [-0.2, -0.15) is 0 Å². The van der Waals surface area contributed by atoms with Crippen LogP contribution in [0.3, 0.4) is 0 Å². The van der Waals surface area contributed by atoms with Gasteiger partial charge in [0.05, 0.1) is 16.6 Å². The third-order valence-electron chi connectivity index (χ3n) is 1.98. The molecule has 0 heterocycles. The molecule has 1 aromatic rings. The van der Waals surface area contributed by atoms with E-state index < -0.39 is 16.9 Å². The Balaban J connectivity index is 2.95. The van der Waals surface area contributed by atoms with Crippen LogP contribution in [0.25, 0.3) is 0 Å². The molecule has 0 radical (unpaired) electrons. The highest BCUT2D eigenvalue weighted by molar-refractivity contribution is 9.10. The lowest BCUT2D eigenvalue weighted by atomic mass is 10.2. The molecule has 0 spiro atoms. The van der Waals surface area contributed by atoms with Crippen LogP contribution in [0.2, 0.25) is 0 Å². The second kappa shape index (κ2) is 5.74. The summed E-state index contributed by atoms with van der Waals surface area (Å²) in [5.41, 5.74) is -0.00505. The van der Waals surface area contributed by atoms with Gasteiger partial charge in [0.2, 0.25) is 0 Å². The van der Waals surface area contributed by atoms with Gasteiger partial charge in [-0.3, -0.25) is 14.9 Å². The van der Waals surface area contributed by atoms with E-state index in [1.165, 1.54) is 25.1 Å². The number of benzene rings is 1. The molecule has 1 unspecified atom stereocenters. The van der Waals surface area contributed by atoms with Crippen molar-refractivity contribution in [2.75, 3.05) is 6.54 Å². The lowest BCUT2D eigenvalue weighted by Crippen LogP contribution is -2.30. The third kappa shape index (κ3) is 3.50. The molecule has 0 saturated carbocycles. The molecule has 0 aromatic heterocycles. The number of carbonyl (C=O) groups excluding carboxylic acids is 1. The third-order valence-corrected chi connectivity index (χ3v) is 2.81. The van der Waals surface area contributed by atoms with E-state index in [4.69, 9.17) is 5.11 Å². The zero-order valence-electron chi connectivity index (χ0n) is 9.01. The van der Waals surface area contributed by atoms with E-state index in [9.17, 15) is 14.9 Å². The van der Waals surface area contributed by atoms with Gasteiger partial charge in [0, 0.05) is 12.6 Å². The van der Waals surface area contributed by atoms with Crippen LogP contribution < -0.4 is 5.32 Å². The Morgan fingerprint density at radius 1 is 1.65 bits per heavy atom. The zero-order chi connectivity index (χ0) is 13.0. The standard InChI is InChI=1S/C10H11BrN2O4/c1-6(14)5-12-10(15)7-3-2-4-8(9(7)11)13(16)17/h2-4,6,14H,5H2,1H3,(H,12,15). The minimum Gasteiger partial charge on any atom is -0.392 e. The smallest absolute Gasteiger partial charge is 0.284 e. The first-order valence-electron chi connectivity index (χ1n) is 4.82. The Morgan fingerprint density at radius 3 is 2.82 bits per heavy atom. The Hall–Kier alpha value is -1.47. The van der Waals surface area contributed by atoms with Crippen LogP contribution in [0.1, 0.15) is 17.3 Å². The molecule has 1 atom stereocenters. The van der Waals surface area contributed by atoms with Gasteiger partial charge in [-0.15, -0.1) is 0 Å². The number of nitrogens with one attached hydrogen (secondary N) is 1. The summed E-state index contributed by atoms with van der Waals surface area (Å²) in [6.07, 6.45) is -0.670. The second-order valence-corrected chi connectivity index (χ2v) is 4.25. The van der Waals surface area contributed by atoms with Crippen LogP contribution in [-0.4, -0.2) is 28.6 Å². The number of nitro benzene ring substituents is 1. The highest BCUT2D eigenvalue weighted by Gasteiger charge is 2.19. The number of aliphatic hydroxyl groups is 1. The van der Waals surface area contributed by atoms with E-state index in [2.05, 4.69) is 21.2 Å². The number of hydrogen-bond donors (Lipinski definition) is 2. The highest BCUT2D eigenvalue weighted by Crippen LogP contribution is 2.28. The molecule has 1 rings (SSSR count). The van der Waals surface area contributed by atoms with Crippen molar-refractivity contribution in [1.29, 1.82) is 0 Å². The van der Waals surface area contributed by atoms with Crippen molar-refractivity contribution < 1.29 is 14.8 Å². The van der Waals surface area contributed by atoms with E-state index in [1.54, 1.807) is 0 Å². The number of nitro groups is 1. The first-order chi connectivity index (χ1) is 7.93. The summed E-state index contributed by atoms with van der Waals surface area (Å²) in [6, 6.07) is 4.20. The van der Waals surface area contributed by atoms with Gasteiger partial charge in [0.15, 0.2) is 0 Å². The van der Waals surface area contributed by atoms with Crippen LogP contribution >= 0.6 is 15.9 Å². The van der Waals surface area contributed by atoms with Crippen LogP contribution in [0, 0.1) is 10.1 Å². The summed E-state index contributed by atoms with van der Waals surface area (Å²) in [5.74, 6) is -0.471. The van der Waals surface area contributed by atoms with Crippen molar-refractivity contribution in [2.45, 2.75) is 13.0 Å². The summed E-state index contributed by atoms with van der Waals surface area (Å²) in [4.78, 5) is 21.8. The van der Waals surface area contributed by atoms with E-state index in [0.29, 0.717) is 0 Å². The normalized spacial score (nSPS) is 11.9. The number of aliphatic hydroxyl groups excluding tert-OH is 1. The van der Waals surface area contributed by atoms with E-state index in [0.717, 1.165) is 0 Å². The SMILES string of the molecule is CC(O)CNC(=O)c1cccc([N+](=O)[O-])c1Br. The predicted octanol–water partition coefficient (Wildman–Crippen LogP) is 1.47. The minimum absolute atomic E-state index is 0.0912. The predicted molar refractivity (Wildman–Crippen MR) is 64.8 cm³/mol. The molecular formula is C10H11BrN2O4. The van der Waals surface area contributed by atoms with Crippen molar-refractivity contribution in [3.8, 4) is 0 Å². The number of rotatable bonds is 4. The van der Waals surface area contributed by atoms with Crippen LogP contribution in [-0.2, 0) is 0 Å². The molecular weight excluding hydrogens is 292 g/mol. The molecule has 1 aromatic carbocycles. The molecule has 0 aliphatic heterocycles. The number of carbonyl (C=O) groups is 1. The zero-order valence-corrected chi connectivity index (χ0v) is 10.6. The molecule has 0 aliphatic rings. The van der Waals surface area contributed by atoms with Crippen LogP contribution in [0.15, 0.2) is 22.7 Å². The maximum absolute atomic E-state index is 11.7. The first-order valence-corrected chi connectivity index (χ1v) is 5.62. The monoisotopic (exact) mass is 302 g/mol. The second-order valence-electron chi connectivity index (χ2n) is 3.45. The van der Waals surface area contributed by atoms with Crippen molar-refractivity contribution in [3.05, 3.63) is 38.3 Å². The number of nitrogens with zero attached hydrogens (tertiary/aromatic N) is 1. The van der Waals surface area contributed by atoms with Crippen LogP contribution in [0.5, 0.6) is 0 Å². The molecule has 92 valence electrons. The summed E-state index contributed by atoms with van der Waals surface area (Å²) >= 11 is 3.02. The average Bonchev–Trinajstić information content (AvgIpc) is 2.25. The Bertz CT molecular complexity index is 448. The Kier molecular flexibility index (Phi) is 4.59. The Labute approximate surface area is 106 Å². The van der Waals surface area contributed by atoms with Gasteiger partial charge in [-0.25, -0.2) is 0 Å². The fourth-order valence-corrected chi connectivity index (χ4v) is 1.76. The summed E-state index contributed by atoms with van der Waals surface area (Å²) in [5, 5.41) is 22.2. The average molecular weight is 303 g/mol. The van der Waals surface area contributed by atoms with E-state index >= 15 is 0 Å². The maximum atomic E-state index is 11.7. The minimum atomic E-state index is -0.670. The number of amides is 1. The maximum Gasteiger partial charge on any atom is 0.284 e. The summed E-state index contributed by atoms with van der Waals surface area (Å²) in [6.45, 7) is 1.62. The number of halogens is 1. The molecule has 6 nitrogen and oxygen atoms in total. The van der Waals surface area contributed by atoms with E-state index in [1.807, 2.05) is 0 Å². The van der Waals surface area contributed by atoms with Crippen molar-refractivity contribution in [3.63, 3.8) is 0 Å². The summed E-state index contributed by atoms with van der Waals surface area (Å²) < 4.78 is 0.132. The quantitative estimate of drug-likeness (QED) is 0.650. The van der Waals surface area contributed by atoms with Gasteiger partial charge in [-0.1, -0.05) is 6.07 Å². The van der Waals surface area contributed by atoms with Gasteiger partial charge in [-0.05, 0) is 28.9 Å². The van der Waals surface area contributed by atoms with Crippen LogP contribution in [0.4, 0.5) is 5.69 Å². The highest BCUT2D eigenvalue weighted by atomic mass is 79.9. The molecule has 0 aliphatic carbocycles. The number of hydrogen-bond acceptors (Lipinski definition) is 4. The van der Waals surface area contributed by atoms with Gasteiger partial charge in [0.1, 0.15) is 4.47 Å². The lowest BCUT2D eigenvalue weighted by Gasteiger charge is -2.08. The fourth-order valence-electron chi connectivity index (χ4n) is 1.17. The van der Waals surface area contributed by atoms with Gasteiger partial charge < -0.3 is 10.4 Å². The lowest BCUT2D eigenvalue weighted by molar-refractivity contribution is -0.385. The van der Waals surface area contributed by atoms with E-state index in [-0.39, 0.29) is 22.3 Å². The molecule has 7 heteroatoms. The van der Waals surface area contributed by atoms with Crippen molar-refractivity contribution in [2.24, 2.45) is 0 Å². The largest absolute Gasteiger partial charge is 0.392 e. The fraction of sp³-hybridized carbons (Fsp3) is 0.300. The molecule has 17 heavy (non-hydrogen) atoms. The Morgan fingerprint density at radius 2 is 2.29 bits per heavy atom. The van der Waals surface area contributed by atoms with Gasteiger partial charge >= 0.3 is 0 Å². The summed E-state index contributed by atoms with van der Waals surface area (Å²) in [7, 11) is 0. The molecule has 0 fully saturated rings. The molecule has 0 bridgehead atoms. The van der Waals surface area contributed by atoms with Crippen molar-refractivity contribution >= 4 is 27.5 Å². The van der Waals surface area contributed by atoms with Crippen molar-refractivity contribution in [1.82, 2.24) is 5.32 Å². The molecule has 2 N–H and O–H groups in total. The first kappa shape index (κ1) is 13.6. The topological polar surface area (TPSA) is 92.5 Å². The van der Waals surface area contributed by atoms with Gasteiger partial charge in [0.25, 0.3) is 11.6 Å².